The number of carbonyl (C=O) groups is 1. The van der Waals surface area contributed by atoms with Crippen molar-refractivity contribution >= 4 is 17.6 Å². The summed E-state index contributed by atoms with van der Waals surface area (Å²) in [5, 5.41) is 0. The van der Waals surface area contributed by atoms with E-state index < -0.39 is 52.7 Å². The van der Waals surface area contributed by atoms with Crippen molar-refractivity contribution in [1.82, 2.24) is 0 Å². The smallest absolute Gasteiger partial charge is 0.310 e. The van der Waals surface area contributed by atoms with E-state index >= 15 is 0 Å². The summed E-state index contributed by atoms with van der Waals surface area (Å²) in [7, 11) is 0. The lowest BCUT2D eigenvalue weighted by Gasteiger charge is -2.09. The van der Waals surface area contributed by atoms with E-state index in [-0.39, 0.29) is 12.0 Å². The molecule has 0 heterocycles. The second kappa shape index (κ2) is 5.91. The van der Waals surface area contributed by atoms with Gasteiger partial charge in [-0.3, -0.25) is 4.79 Å². The van der Waals surface area contributed by atoms with Crippen LogP contribution in [0.5, 0.6) is 0 Å². The highest BCUT2D eigenvalue weighted by Gasteiger charge is 2.61. The first-order valence-electron chi connectivity index (χ1n) is 6.47. The molecular weight excluding hydrogens is 324 g/mol. The lowest BCUT2D eigenvalue weighted by Crippen LogP contribution is -2.13. The van der Waals surface area contributed by atoms with Gasteiger partial charge < -0.3 is 4.74 Å². The summed E-state index contributed by atoms with van der Waals surface area (Å²) in [5.41, 5.74) is -0.0676. The zero-order valence-corrected chi connectivity index (χ0v) is 12.6. The number of benzene rings is 1. The summed E-state index contributed by atoms with van der Waals surface area (Å²) in [4.78, 5) is 11.9. The molecule has 0 aliphatic heterocycles. The van der Waals surface area contributed by atoms with Crippen LogP contribution in [0.3, 0.4) is 0 Å². The maximum absolute atomic E-state index is 13.5. The minimum absolute atomic E-state index is 0.0985. The Hall–Kier alpha value is -1.56. The highest BCUT2D eigenvalue weighted by atomic mass is 35.5. The molecule has 1 aromatic rings. The van der Waals surface area contributed by atoms with Crippen LogP contribution in [-0.4, -0.2) is 5.97 Å². The number of carbonyl (C=O) groups excluding carboxylic acids is 1. The fraction of sp³-hybridized carbons (Fsp3) is 0.400. The van der Waals surface area contributed by atoms with E-state index in [1.165, 1.54) is 5.54 Å². The van der Waals surface area contributed by atoms with Gasteiger partial charge in [0.15, 0.2) is 23.3 Å². The number of hydrogen-bond acceptors (Lipinski definition) is 2. The Kier molecular flexibility index (Phi) is 4.52. The van der Waals surface area contributed by atoms with Gasteiger partial charge in [0.1, 0.15) is 6.61 Å². The second-order valence-electron chi connectivity index (χ2n) is 5.70. The summed E-state index contributed by atoms with van der Waals surface area (Å²) in [5.74, 6) is -7.60. The van der Waals surface area contributed by atoms with E-state index in [1.807, 2.05) is 13.8 Å². The van der Waals surface area contributed by atoms with Crippen molar-refractivity contribution in [3.05, 3.63) is 46.5 Å². The first-order valence-corrected chi connectivity index (χ1v) is 6.90. The van der Waals surface area contributed by atoms with Gasteiger partial charge in [-0.05, 0) is 11.3 Å². The molecule has 1 saturated carbocycles. The number of hydrogen-bond donors (Lipinski definition) is 0. The molecule has 0 radical (unpaired) electrons. The van der Waals surface area contributed by atoms with Crippen LogP contribution in [0.2, 0.25) is 0 Å². The van der Waals surface area contributed by atoms with Gasteiger partial charge in [-0.25, -0.2) is 17.6 Å². The Morgan fingerprint density at radius 3 is 2.32 bits per heavy atom. The minimum Gasteiger partial charge on any atom is -0.460 e. The van der Waals surface area contributed by atoms with Crippen molar-refractivity contribution in [2.75, 3.05) is 0 Å². The lowest BCUT2D eigenvalue weighted by molar-refractivity contribution is -0.147. The Bertz CT molecular complexity index is 617. The molecule has 0 spiro atoms. The first-order chi connectivity index (χ1) is 10.2. The van der Waals surface area contributed by atoms with Gasteiger partial charge in [0.2, 0.25) is 0 Å². The molecule has 22 heavy (non-hydrogen) atoms. The number of ether oxygens (including phenoxy) is 1. The van der Waals surface area contributed by atoms with E-state index in [0.29, 0.717) is 0 Å². The van der Waals surface area contributed by atoms with E-state index in [4.69, 9.17) is 16.3 Å². The molecule has 2 atom stereocenters. The Morgan fingerprint density at radius 1 is 1.27 bits per heavy atom. The highest BCUT2D eigenvalue weighted by molar-refractivity contribution is 6.25. The number of allylic oxidation sites excluding steroid dienone is 1. The molecule has 0 saturated heterocycles. The zero-order valence-electron chi connectivity index (χ0n) is 11.8. The van der Waals surface area contributed by atoms with Gasteiger partial charge in [0, 0.05) is 11.6 Å². The van der Waals surface area contributed by atoms with Crippen molar-refractivity contribution in [1.29, 1.82) is 0 Å². The van der Waals surface area contributed by atoms with Gasteiger partial charge in [-0.1, -0.05) is 31.5 Å². The van der Waals surface area contributed by atoms with Gasteiger partial charge in [0.25, 0.3) is 0 Å². The van der Waals surface area contributed by atoms with Crippen molar-refractivity contribution in [2.24, 2.45) is 17.3 Å². The van der Waals surface area contributed by atoms with Crippen LogP contribution in [0, 0.1) is 40.5 Å². The van der Waals surface area contributed by atoms with E-state index in [2.05, 4.69) is 0 Å². The highest BCUT2D eigenvalue weighted by Crippen LogP contribution is 2.59. The average molecular weight is 337 g/mol. The summed E-state index contributed by atoms with van der Waals surface area (Å²) in [6, 6.07) is 0.0985. The molecule has 1 aliphatic rings. The number of halogens is 5. The maximum Gasteiger partial charge on any atom is 0.310 e. The standard InChI is InChI=1S/C15H13ClF4O2/c1-15(2)8(3-4-16)11(15)14(21)22-6-7-12(19)9(17)5-10(18)13(7)20/h3-5,8,11H,6H2,1-2H3/b4-3-/t8-,11-/m0/s1. The predicted molar refractivity (Wildman–Crippen MR) is 71.8 cm³/mol. The third-order valence-corrected chi connectivity index (χ3v) is 4.15. The first kappa shape index (κ1) is 16.8. The van der Waals surface area contributed by atoms with Crippen molar-refractivity contribution in [3.63, 3.8) is 0 Å². The van der Waals surface area contributed by atoms with E-state index in [1.54, 1.807) is 6.08 Å². The monoisotopic (exact) mass is 336 g/mol. The summed E-state index contributed by atoms with van der Waals surface area (Å²) < 4.78 is 57.8. The molecule has 0 unspecified atom stereocenters. The van der Waals surface area contributed by atoms with Gasteiger partial charge in [0.05, 0.1) is 11.5 Å². The SMILES string of the molecule is CC1(C)[C@H](C(=O)OCc2c(F)c(F)cc(F)c2F)[C@@H]1/C=C\Cl. The molecule has 7 heteroatoms. The molecule has 1 aromatic carbocycles. The normalized spacial score (nSPS) is 22.9. The van der Waals surface area contributed by atoms with E-state index in [9.17, 15) is 22.4 Å². The Morgan fingerprint density at radius 2 is 1.82 bits per heavy atom. The molecule has 1 fully saturated rings. The number of esters is 1. The molecular formula is C15H13ClF4O2. The fourth-order valence-electron chi connectivity index (χ4n) is 2.55. The average Bonchev–Trinajstić information content (AvgIpc) is 2.98. The van der Waals surface area contributed by atoms with Crippen LogP contribution in [0.1, 0.15) is 19.4 Å². The van der Waals surface area contributed by atoms with Crippen molar-refractivity contribution < 1.29 is 27.1 Å². The van der Waals surface area contributed by atoms with Gasteiger partial charge >= 0.3 is 5.97 Å². The summed E-state index contributed by atoms with van der Waals surface area (Å²) in [6.45, 7) is 2.74. The molecule has 1 aliphatic carbocycles. The van der Waals surface area contributed by atoms with Crippen molar-refractivity contribution in [2.45, 2.75) is 20.5 Å². The Labute approximate surface area is 129 Å². The quantitative estimate of drug-likeness (QED) is 0.465. The number of rotatable bonds is 4. The van der Waals surface area contributed by atoms with Crippen LogP contribution < -0.4 is 0 Å². The third-order valence-electron chi connectivity index (χ3n) is 4.01. The molecule has 0 N–H and O–H groups in total. The minimum atomic E-state index is -1.57. The van der Waals surface area contributed by atoms with Crippen molar-refractivity contribution in [3.8, 4) is 0 Å². The van der Waals surface area contributed by atoms with Crippen LogP contribution in [0.25, 0.3) is 0 Å². The lowest BCUT2D eigenvalue weighted by atomic mass is 10.1. The van der Waals surface area contributed by atoms with Crippen LogP contribution in [-0.2, 0) is 16.1 Å². The summed E-state index contributed by atoms with van der Waals surface area (Å²) in [6.07, 6.45) is 1.62. The van der Waals surface area contributed by atoms with Crippen LogP contribution in [0.4, 0.5) is 17.6 Å². The molecule has 0 bridgehead atoms. The topological polar surface area (TPSA) is 26.3 Å². The third kappa shape index (κ3) is 2.84. The zero-order chi connectivity index (χ0) is 16.7. The maximum atomic E-state index is 13.5. The largest absolute Gasteiger partial charge is 0.460 e. The molecule has 2 rings (SSSR count). The van der Waals surface area contributed by atoms with Crippen LogP contribution >= 0.6 is 11.6 Å². The molecule has 0 amide bonds. The fourth-order valence-corrected chi connectivity index (χ4v) is 2.70. The van der Waals surface area contributed by atoms with Gasteiger partial charge in [-0.2, -0.15) is 0 Å². The molecule has 0 aromatic heterocycles. The predicted octanol–water partition coefficient (Wildman–Crippen LogP) is 4.31. The van der Waals surface area contributed by atoms with Crippen LogP contribution in [0.15, 0.2) is 17.7 Å². The summed E-state index contributed by atoms with van der Waals surface area (Å²) >= 11 is 5.47. The Balaban J connectivity index is 2.10. The van der Waals surface area contributed by atoms with Gasteiger partial charge in [-0.15, -0.1) is 0 Å². The second-order valence-corrected chi connectivity index (χ2v) is 5.95. The molecule has 120 valence electrons. The van der Waals surface area contributed by atoms with E-state index in [0.717, 1.165) is 0 Å². The molecule has 2 nitrogen and oxygen atoms in total.